The topological polar surface area (TPSA) is 52.0 Å². The second-order valence-corrected chi connectivity index (χ2v) is 4.74. The van der Waals surface area contributed by atoms with Crippen LogP contribution in [-0.4, -0.2) is 30.2 Å². The van der Waals surface area contributed by atoms with E-state index in [0.29, 0.717) is 17.6 Å². The van der Waals surface area contributed by atoms with E-state index < -0.39 is 0 Å². The number of nitrogens with one attached hydrogen (secondary N) is 1. The molecule has 1 N–H and O–H groups in total. The lowest BCUT2D eigenvalue weighted by Crippen LogP contribution is -2.56. The number of anilines is 1. The maximum atomic E-state index is 8.80. The van der Waals surface area contributed by atoms with Crippen molar-refractivity contribution in [3.05, 3.63) is 23.9 Å². The van der Waals surface area contributed by atoms with E-state index in [0.717, 1.165) is 31.7 Å². The first-order chi connectivity index (χ1) is 8.78. The van der Waals surface area contributed by atoms with Crippen LogP contribution in [0, 0.1) is 11.3 Å². The second kappa shape index (κ2) is 5.83. The van der Waals surface area contributed by atoms with E-state index in [1.807, 2.05) is 12.1 Å². The molecule has 18 heavy (non-hydrogen) atoms. The summed E-state index contributed by atoms with van der Waals surface area (Å²) in [5, 5.41) is 12.4. The SMILES string of the molecule is CCC1CN(c2ccc(C#N)cn2)C(CC)CN1. The van der Waals surface area contributed by atoms with E-state index >= 15 is 0 Å². The number of nitrogens with zero attached hydrogens (tertiary/aromatic N) is 3. The number of piperazine rings is 1. The molecule has 2 atom stereocenters. The Morgan fingerprint density at radius 3 is 2.83 bits per heavy atom. The summed E-state index contributed by atoms with van der Waals surface area (Å²) in [4.78, 5) is 6.78. The molecule has 4 nitrogen and oxygen atoms in total. The Labute approximate surface area is 109 Å². The Balaban J connectivity index is 2.18. The Bertz CT molecular complexity index is 420. The molecule has 2 unspecified atom stereocenters. The van der Waals surface area contributed by atoms with Crippen molar-refractivity contribution >= 4 is 5.82 Å². The molecule has 2 heterocycles. The molecule has 1 aliphatic heterocycles. The van der Waals surface area contributed by atoms with Crippen LogP contribution >= 0.6 is 0 Å². The smallest absolute Gasteiger partial charge is 0.128 e. The van der Waals surface area contributed by atoms with Crippen LogP contribution in [-0.2, 0) is 0 Å². The van der Waals surface area contributed by atoms with Gasteiger partial charge in [-0.2, -0.15) is 5.26 Å². The Morgan fingerprint density at radius 1 is 1.44 bits per heavy atom. The van der Waals surface area contributed by atoms with Crippen molar-refractivity contribution in [3.63, 3.8) is 0 Å². The van der Waals surface area contributed by atoms with Gasteiger partial charge in [0, 0.05) is 31.4 Å². The number of aromatic nitrogens is 1. The van der Waals surface area contributed by atoms with Crippen LogP contribution < -0.4 is 10.2 Å². The van der Waals surface area contributed by atoms with E-state index in [9.17, 15) is 0 Å². The molecule has 1 aromatic heterocycles. The molecule has 1 saturated heterocycles. The van der Waals surface area contributed by atoms with Gasteiger partial charge in [0.1, 0.15) is 11.9 Å². The molecule has 0 radical (unpaired) electrons. The zero-order valence-electron chi connectivity index (χ0n) is 11.1. The summed E-state index contributed by atoms with van der Waals surface area (Å²) in [6, 6.07) is 6.94. The molecule has 1 fully saturated rings. The zero-order chi connectivity index (χ0) is 13.0. The first kappa shape index (κ1) is 12.8. The van der Waals surface area contributed by atoms with Crippen molar-refractivity contribution in [1.29, 1.82) is 5.26 Å². The van der Waals surface area contributed by atoms with Crippen molar-refractivity contribution in [2.75, 3.05) is 18.0 Å². The maximum Gasteiger partial charge on any atom is 0.128 e. The van der Waals surface area contributed by atoms with Crippen LogP contribution in [0.2, 0.25) is 0 Å². The fourth-order valence-electron chi connectivity index (χ4n) is 2.40. The van der Waals surface area contributed by atoms with E-state index in [4.69, 9.17) is 5.26 Å². The number of rotatable bonds is 3. The minimum atomic E-state index is 0.494. The third-order valence-electron chi connectivity index (χ3n) is 3.64. The lowest BCUT2D eigenvalue weighted by Gasteiger charge is -2.40. The summed E-state index contributed by atoms with van der Waals surface area (Å²) in [5.41, 5.74) is 0.619. The van der Waals surface area contributed by atoms with E-state index in [2.05, 4.69) is 35.1 Å². The average Bonchev–Trinajstić information content (AvgIpc) is 2.46. The van der Waals surface area contributed by atoms with Crippen molar-refractivity contribution in [2.45, 2.75) is 38.8 Å². The van der Waals surface area contributed by atoms with E-state index in [-0.39, 0.29) is 0 Å². The lowest BCUT2D eigenvalue weighted by atomic mass is 10.1. The number of hydrogen-bond acceptors (Lipinski definition) is 4. The summed E-state index contributed by atoms with van der Waals surface area (Å²) in [6.45, 7) is 6.41. The number of pyridine rings is 1. The molecule has 0 saturated carbocycles. The van der Waals surface area contributed by atoms with Crippen LogP contribution in [0.5, 0.6) is 0 Å². The Hall–Kier alpha value is -1.60. The van der Waals surface area contributed by atoms with Crippen molar-refractivity contribution in [2.24, 2.45) is 0 Å². The van der Waals surface area contributed by atoms with Crippen molar-refractivity contribution in [3.8, 4) is 6.07 Å². The van der Waals surface area contributed by atoms with Gasteiger partial charge in [0.05, 0.1) is 5.56 Å². The first-order valence-corrected chi connectivity index (χ1v) is 6.64. The van der Waals surface area contributed by atoms with Crippen LogP contribution in [0.25, 0.3) is 0 Å². The van der Waals surface area contributed by atoms with Crippen molar-refractivity contribution < 1.29 is 0 Å². The summed E-state index contributed by atoms with van der Waals surface area (Å²) in [6.07, 6.45) is 3.89. The summed E-state index contributed by atoms with van der Waals surface area (Å²) in [5.74, 6) is 0.987. The van der Waals surface area contributed by atoms with Gasteiger partial charge in [-0.25, -0.2) is 4.98 Å². The first-order valence-electron chi connectivity index (χ1n) is 6.64. The molecule has 1 aromatic rings. The van der Waals surface area contributed by atoms with Gasteiger partial charge in [-0.3, -0.25) is 0 Å². The minimum absolute atomic E-state index is 0.494. The van der Waals surface area contributed by atoms with Crippen LogP contribution in [0.3, 0.4) is 0 Å². The standard InChI is InChI=1S/C14H20N4/c1-3-12-10-18(13(4-2)9-16-12)14-6-5-11(7-15)8-17-14/h5-6,8,12-13,16H,3-4,9-10H2,1-2H3. The summed E-state index contributed by atoms with van der Waals surface area (Å²) in [7, 11) is 0. The molecule has 4 heteroatoms. The average molecular weight is 244 g/mol. The van der Waals surface area contributed by atoms with Gasteiger partial charge in [-0.05, 0) is 25.0 Å². The molecule has 2 rings (SSSR count). The monoisotopic (exact) mass is 244 g/mol. The third kappa shape index (κ3) is 2.62. The van der Waals surface area contributed by atoms with E-state index in [1.54, 1.807) is 6.20 Å². The van der Waals surface area contributed by atoms with Gasteiger partial charge in [-0.1, -0.05) is 13.8 Å². The van der Waals surface area contributed by atoms with Crippen LogP contribution in [0.15, 0.2) is 18.3 Å². The van der Waals surface area contributed by atoms with E-state index in [1.165, 1.54) is 0 Å². The predicted octanol–water partition coefficient (Wildman–Crippen LogP) is 1.92. The molecule has 1 aliphatic rings. The fraction of sp³-hybridized carbons (Fsp3) is 0.571. The predicted molar refractivity (Wildman–Crippen MR) is 72.5 cm³/mol. The molecule has 0 amide bonds. The zero-order valence-corrected chi connectivity index (χ0v) is 11.1. The van der Waals surface area contributed by atoms with Gasteiger partial charge in [0.25, 0.3) is 0 Å². The highest BCUT2D eigenvalue weighted by molar-refractivity contribution is 5.43. The third-order valence-corrected chi connectivity index (χ3v) is 3.64. The highest BCUT2D eigenvalue weighted by Gasteiger charge is 2.26. The van der Waals surface area contributed by atoms with Crippen LogP contribution in [0.1, 0.15) is 32.3 Å². The largest absolute Gasteiger partial charge is 0.351 e. The molecule has 0 bridgehead atoms. The minimum Gasteiger partial charge on any atom is -0.351 e. The highest BCUT2D eigenvalue weighted by atomic mass is 15.3. The van der Waals surface area contributed by atoms with Gasteiger partial charge in [0.2, 0.25) is 0 Å². The maximum absolute atomic E-state index is 8.80. The van der Waals surface area contributed by atoms with Crippen molar-refractivity contribution in [1.82, 2.24) is 10.3 Å². The molecule has 0 aliphatic carbocycles. The second-order valence-electron chi connectivity index (χ2n) is 4.74. The van der Waals surface area contributed by atoms with Crippen LogP contribution in [0.4, 0.5) is 5.82 Å². The van der Waals surface area contributed by atoms with Gasteiger partial charge in [-0.15, -0.1) is 0 Å². The summed E-state index contributed by atoms with van der Waals surface area (Å²) >= 11 is 0. The highest BCUT2D eigenvalue weighted by Crippen LogP contribution is 2.20. The quantitative estimate of drug-likeness (QED) is 0.882. The number of hydrogen-bond donors (Lipinski definition) is 1. The Morgan fingerprint density at radius 2 is 2.28 bits per heavy atom. The summed E-state index contributed by atoms with van der Waals surface area (Å²) < 4.78 is 0. The molecule has 0 aromatic carbocycles. The molecular weight excluding hydrogens is 224 g/mol. The van der Waals surface area contributed by atoms with Gasteiger partial charge >= 0.3 is 0 Å². The molecule has 96 valence electrons. The normalized spacial score (nSPS) is 23.7. The van der Waals surface area contributed by atoms with Gasteiger partial charge < -0.3 is 10.2 Å². The molecular formula is C14H20N4. The fourth-order valence-corrected chi connectivity index (χ4v) is 2.40. The molecule has 0 spiro atoms. The number of nitriles is 1. The Kier molecular flexibility index (Phi) is 4.16. The van der Waals surface area contributed by atoms with Gasteiger partial charge in [0.15, 0.2) is 0 Å². The lowest BCUT2D eigenvalue weighted by molar-refractivity contribution is 0.377.